The van der Waals surface area contributed by atoms with Gasteiger partial charge < -0.3 is 26.0 Å². The number of rotatable bonds is 5. The second-order valence-electron chi connectivity index (χ2n) is 11.1. The highest BCUT2D eigenvalue weighted by molar-refractivity contribution is 5.82. The van der Waals surface area contributed by atoms with Gasteiger partial charge in [0.15, 0.2) is 0 Å². The van der Waals surface area contributed by atoms with Gasteiger partial charge in [0.25, 0.3) is 5.56 Å². The minimum absolute atomic E-state index is 0.0268. The number of urea groups is 1. The lowest BCUT2D eigenvalue weighted by atomic mass is 9.66. The van der Waals surface area contributed by atoms with Gasteiger partial charge in [-0.2, -0.15) is 0 Å². The number of carbonyl (C=O) groups excluding carboxylic acids is 1. The molecular weight excluding hydrogens is 494 g/mol. The molecule has 10 nitrogen and oxygen atoms in total. The Morgan fingerprint density at radius 1 is 1.23 bits per heavy atom. The van der Waals surface area contributed by atoms with Crippen LogP contribution in [0.2, 0.25) is 0 Å². The Morgan fingerprint density at radius 2 is 2.00 bits per heavy atom. The van der Waals surface area contributed by atoms with E-state index in [4.69, 9.17) is 5.73 Å². The van der Waals surface area contributed by atoms with E-state index < -0.39 is 11.0 Å². The number of likely N-dealkylation sites (tertiary alicyclic amines) is 1. The number of piperidine rings is 1. The average molecular weight is 534 g/mol. The number of aliphatic imine (C=N–C) groups is 1. The zero-order chi connectivity index (χ0) is 27.5. The highest BCUT2D eigenvalue weighted by Gasteiger charge is 2.56. The number of aliphatic hydroxyl groups is 1. The van der Waals surface area contributed by atoms with Gasteiger partial charge in [0, 0.05) is 57.5 Å². The molecule has 2 atom stereocenters. The molecule has 2 saturated heterocycles. The fourth-order valence-corrected chi connectivity index (χ4v) is 6.57. The van der Waals surface area contributed by atoms with Crippen LogP contribution < -0.4 is 16.6 Å². The van der Waals surface area contributed by atoms with Gasteiger partial charge in [-0.05, 0) is 30.9 Å². The van der Waals surface area contributed by atoms with Gasteiger partial charge in [0.05, 0.1) is 35.9 Å². The van der Waals surface area contributed by atoms with Gasteiger partial charge in [-0.3, -0.25) is 14.4 Å². The Morgan fingerprint density at radius 3 is 2.72 bits per heavy atom. The van der Waals surface area contributed by atoms with Crippen LogP contribution in [0.5, 0.6) is 0 Å². The topological polar surface area (TPSA) is 129 Å². The van der Waals surface area contributed by atoms with Gasteiger partial charge in [0.1, 0.15) is 0 Å². The number of benzene rings is 1. The number of carbonyl (C=O) groups is 1. The molecule has 3 fully saturated rings. The second kappa shape index (κ2) is 11.3. The highest BCUT2D eigenvalue weighted by Crippen LogP contribution is 2.51. The molecule has 208 valence electrons. The van der Waals surface area contributed by atoms with Gasteiger partial charge in [-0.25, -0.2) is 9.78 Å². The number of nitrogens with one attached hydrogen (secondary N) is 1. The quantitative estimate of drug-likeness (QED) is 0.505. The Hall–Kier alpha value is -3.50. The van der Waals surface area contributed by atoms with Gasteiger partial charge in [0.2, 0.25) is 0 Å². The summed E-state index contributed by atoms with van der Waals surface area (Å²) >= 11 is 0. The van der Waals surface area contributed by atoms with Crippen molar-refractivity contribution >= 4 is 17.9 Å². The molecule has 3 heterocycles. The molecule has 1 aromatic carbocycles. The van der Waals surface area contributed by atoms with Crippen molar-refractivity contribution in [2.45, 2.75) is 50.3 Å². The summed E-state index contributed by atoms with van der Waals surface area (Å²) in [6.45, 7) is 3.18. The zero-order valence-electron chi connectivity index (χ0n) is 22.6. The van der Waals surface area contributed by atoms with Crippen molar-refractivity contribution in [3.63, 3.8) is 0 Å². The molecule has 2 amide bonds. The van der Waals surface area contributed by atoms with Crippen LogP contribution in [0, 0.1) is 5.41 Å². The van der Waals surface area contributed by atoms with E-state index in [0.717, 1.165) is 44.3 Å². The van der Waals surface area contributed by atoms with E-state index in [1.54, 1.807) is 19.3 Å². The number of allylic oxidation sites excluding steroid dienone is 1. The Balaban J connectivity index is 1.36. The average Bonchev–Trinajstić information content (AvgIpc) is 3.44. The van der Waals surface area contributed by atoms with Crippen molar-refractivity contribution in [2.75, 3.05) is 39.8 Å². The molecule has 5 rings (SSSR count). The molecular formula is C29H39N7O3. The van der Waals surface area contributed by atoms with Crippen molar-refractivity contribution < 1.29 is 9.90 Å². The van der Waals surface area contributed by atoms with Crippen LogP contribution in [0.25, 0.3) is 5.70 Å². The minimum Gasteiger partial charge on any atom is -0.397 e. The standard InChI is InChI=1S/C29H39N7O3/c1-31-13-9-23(30)24-17-26(37)35(21-33-24)20-29(39)12-15-34(19-28(29)10-5-6-11-28)27(38)36-16-14-32-18-25(36)22-7-3-2-4-8-22/h2-4,7-9,13,17,21,25,32,39H,5-6,10-12,14-16,18-20,30H2,1H3/t25-,29+/m0/s1. The van der Waals surface area contributed by atoms with Crippen molar-refractivity contribution in [3.8, 4) is 0 Å². The fraction of sp³-hybridized carbons (Fsp3) is 0.517. The first-order chi connectivity index (χ1) is 18.9. The Kier molecular flexibility index (Phi) is 7.86. The molecule has 0 bridgehead atoms. The summed E-state index contributed by atoms with van der Waals surface area (Å²) in [7, 11) is 1.64. The van der Waals surface area contributed by atoms with Gasteiger partial charge in [-0.1, -0.05) is 43.2 Å². The summed E-state index contributed by atoms with van der Waals surface area (Å²) in [6, 6.07) is 11.5. The first-order valence-electron chi connectivity index (χ1n) is 13.8. The van der Waals surface area contributed by atoms with E-state index in [-0.39, 0.29) is 24.2 Å². The van der Waals surface area contributed by atoms with E-state index in [1.165, 1.54) is 17.0 Å². The van der Waals surface area contributed by atoms with Crippen molar-refractivity contribution in [1.82, 2.24) is 24.7 Å². The van der Waals surface area contributed by atoms with E-state index in [2.05, 4.69) is 27.4 Å². The lowest BCUT2D eigenvalue weighted by molar-refractivity contribution is -0.137. The molecule has 3 aliphatic rings. The third kappa shape index (κ3) is 5.35. The number of hydrogen-bond donors (Lipinski definition) is 3. The van der Waals surface area contributed by atoms with E-state index in [1.807, 2.05) is 28.0 Å². The van der Waals surface area contributed by atoms with Crippen LogP contribution in [0.4, 0.5) is 4.79 Å². The molecule has 1 spiro atoms. The summed E-state index contributed by atoms with van der Waals surface area (Å²) in [4.78, 5) is 39.1. The molecule has 1 saturated carbocycles. The molecule has 4 N–H and O–H groups in total. The maximum atomic E-state index is 13.9. The largest absolute Gasteiger partial charge is 0.397 e. The highest BCUT2D eigenvalue weighted by atomic mass is 16.3. The summed E-state index contributed by atoms with van der Waals surface area (Å²) in [5.74, 6) is 0. The number of aromatic nitrogens is 2. The molecule has 10 heteroatoms. The number of piperazine rings is 1. The molecule has 1 aliphatic carbocycles. The fourth-order valence-electron chi connectivity index (χ4n) is 6.57. The van der Waals surface area contributed by atoms with Crippen LogP contribution in [-0.2, 0) is 6.54 Å². The normalized spacial score (nSPS) is 25.5. The van der Waals surface area contributed by atoms with Crippen LogP contribution >= 0.6 is 0 Å². The maximum absolute atomic E-state index is 13.9. The van der Waals surface area contributed by atoms with Gasteiger partial charge in [-0.15, -0.1) is 0 Å². The summed E-state index contributed by atoms with van der Waals surface area (Å²) in [5.41, 5.74) is 6.02. The first kappa shape index (κ1) is 27.1. The van der Waals surface area contributed by atoms with Crippen LogP contribution in [-0.4, -0.2) is 82.1 Å². The summed E-state index contributed by atoms with van der Waals surface area (Å²) in [6.07, 6.45) is 8.66. The summed E-state index contributed by atoms with van der Waals surface area (Å²) in [5, 5.41) is 15.6. The third-order valence-electron chi connectivity index (χ3n) is 8.79. The maximum Gasteiger partial charge on any atom is 0.320 e. The third-order valence-corrected chi connectivity index (χ3v) is 8.79. The predicted molar refractivity (Wildman–Crippen MR) is 151 cm³/mol. The van der Waals surface area contributed by atoms with Crippen LogP contribution in [0.1, 0.15) is 49.4 Å². The number of nitrogens with two attached hydrogens (primary N) is 1. The van der Waals surface area contributed by atoms with Crippen LogP contribution in [0.15, 0.2) is 58.6 Å². The molecule has 39 heavy (non-hydrogen) atoms. The van der Waals surface area contributed by atoms with E-state index in [9.17, 15) is 14.7 Å². The van der Waals surface area contributed by atoms with Crippen molar-refractivity contribution in [3.05, 3.63) is 70.4 Å². The number of nitrogens with zero attached hydrogens (tertiary/aromatic N) is 5. The number of hydrogen-bond acceptors (Lipinski definition) is 7. The zero-order valence-corrected chi connectivity index (χ0v) is 22.6. The molecule has 0 radical (unpaired) electrons. The van der Waals surface area contributed by atoms with E-state index >= 15 is 0 Å². The Labute approximate surface area is 229 Å². The minimum atomic E-state index is -1.12. The molecule has 2 aromatic rings. The Bertz CT molecular complexity index is 1290. The van der Waals surface area contributed by atoms with Crippen molar-refractivity contribution in [1.29, 1.82) is 0 Å². The molecule has 0 unspecified atom stereocenters. The van der Waals surface area contributed by atoms with Crippen LogP contribution in [0.3, 0.4) is 0 Å². The lowest BCUT2D eigenvalue weighted by Gasteiger charge is -2.53. The SMILES string of the molecule is CN=CC=C(N)c1cc(=O)n(C[C@]2(O)CCN(C(=O)N3CCNC[C@H]3c3ccccc3)CC23CCCC3)cn1. The lowest BCUT2D eigenvalue weighted by Crippen LogP contribution is -2.64. The second-order valence-corrected chi connectivity index (χ2v) is 11.1. The summed E-state index contributed by atoms with van der Waals surface area (Å²) < 4.78 is 1.48. The van der Waals surface area contributed by atoms with Gasteiger partial charge >= 0.3 is 6.03 Å². The monoisotopic (exact) mass is 533 g/mol. The smallest absolute Gasteiger partial charge is 0.320 e. The van der Waals surface area contributed by atoms with Crippen molar-refractivity contribution in [2.24, 2.45) is 16.1 Å². The molecule has 1 aromatic heterocycles. The van der Waals surface area contributed by atoms with E-state index in [0.29, 0.717) is 37.4 Å². The first-order valence-corrected chi connectivity index (χ1v) is 13.8. The predicted octanol–water partition coefficient (Wildman–Crippen LogP) is 2.01. The molecule has 2 aliphatic heterocycles. The number of amides is 2.